The molecule has 84 valence electrons. The van der Waals surface area contributed by atoms with Crippen LogP contribution in [0.5, 0.6) is 5.75 Å². The monoisotopic (exact) mass is 275 g/mol. The molecule has 0 aliphatic carbocycles. The Labute approximate surface area is 97.7 Å². The summed E-state index contributed by atoms with van der Waals surface area (Å²) in [6.45, 7) is 2.64. The van der Waals surface area contributed by atoms with Crippen molar-refractivity contribution in [3.05, 3.63) is 28.0 Å². The summed E-state index contributed by atoms with van der Waals surface area (Å²) in [7, 11) is 1.45. The van der Waals surface area contributed by atoms with Crippen molar-refractivity contribution in [2.24, 2.45) is 11.7 Å². The van der Waals surface area contributed by atoms with Gasteiger partial charge in [0, 0.05) is 0 Å². The summed E-state index contributed by atoms with van der Waals surface area (Å²) in [5.74, 6) is 0.259. The van der Waals surface area contributed by atoms with Gasteiger partial charge in [-0.05, 0) is 52.5 Å². The Balaban J connectivity index is 2.93. The van der Waals surface area contributed by atoms with Crippen LogP contribution in [-0.4, -0.2) is 13.7 Å². The predicted molar refractivity (Wildman–Crippen MR) is 62.6 cm³/mol. The molecule has 0 bridgehead atoms. The first-order valence-electron chi connectivity index (χ1n) is 4.80. The van der Waals surface area contributed by atoms with Gasteiger partial charge in [0.1, 0.15) is 0 Å². The quantitative estimate of drug-likeness (QED) is 0.917. The zero-order chi connectivity index (χ0) is 11.4. The molecule has 1 unspecified atom stereocenters. The lowest BCUT2D eigenvalue weighted by atomic mass is 10.0. The van der Waals surface area contributed by atoms with Gasteiger partial charge in [0.05, 0.1) is 11.6 Å². The molecule has 15 heavy (non-hydrogen) atoms. The highest BCUT2D eigenvalue weighted by Crippen LogP contribution is 2.29. The van der Waals surface area contributed by atoms with E-state index in [4.69, 9.17) is 10.5 Å². The zero-order valence-electron chi connectivity index (χ0n) is 8.89. The lowest BCUT2D eigenvalue weighted by molar-refractivity contribution is 0.383. The molecular weight excluding hydrogens is 261 g/mol. The maximum Gasteiger partial charge on any atom is 0.168 e. The molecule has 0 aromatic heterocycles. The van der Waals surface area contributed by atoms with E-state index in [0.717, 1.165) is 12.0 Å². The zero-order valence-corrected chi connectivity index (χ0v) is 10.5. The van der Waals surface area contributed by atoms with E-state index >= 15 is 0 Å². The molecule has 1 rings (SSSR count). The van der Waals surface area contributed by atoms with E-state index in [0.29, 0.717) is 16.9 Å². The molecule has 0 spiro atoms. The Morgan fingerprint density at radius 1 is 1.53 bits per heavy atom. The third kappa shape index (κ3) is 3.18. The van der Waals surface area contributed by atoms with Gasteiger partial charge in [0.2, 0.25) is 0 Å². The van der Waals surface area contributed by atoms with Crippen LogP contribution in [0.4, 0.5) is 4.39 Å². The molecule has 0 saturated heterocycles. The molecule has 0 aliphatic heterocycles. The van der Waals surface area contributed by atoms with Crippen LogP contribution in [0, 0.1) is 11.7 Å². The Bertz CT molecular complexity index is 320. The van der Waals surface area contributed by atoms with Crippen LogP contribution in [0.15, 0.2) is 16.6 Å². The van der Waals surface area contributed by atoms with E-state index in [2.05, 4.69) is 15.9 Å². The van der Waals surface area contributed by atoms with E-state index < -0.39 is 0 Å². The van der Waals surface area contributed by atoms with Crippen molar-refractivity contribution in [2.75, 3.05) is 13.7 Å². The second-order valence-electron chi connectivity index (χ2n) is 3.64. The average Bonchev–Trinajstić information content (AvgIpc) is 2.17. The van der Waals surface area contributed by atoms with E-state index in [9.17, 15) is 4.39 Å². The topological polar surface area (TPSA) is 35.2 Å². The van der Waals surface area contributed by atoms with Crippen LogP contribution >= 0.6 is 15.9 Å². The van der Waals surface area contributed by atoms with Crippen molar-refractivity contribution < 1.29 is 9.13 Å². The number of nitrogens with two attached hydrogens (primary N) is 1. The molecule has 0 heterocycles. The maximum absolute atomic E-state index is 13.5. The summed E-state index contributed by atoms with van der Waals surface area (Å²) >= 11 is 3.27. The molecule has 1 atom stereocenters. The molecule has 2 nitrogen and oxygen atoms in total. The third-order valence-electron chi connectivity index (χ3n) is 2.25. The van der Waals surface area contributed by atoms with Crippen LogP contribution in [0.2, 0.25) is 0 Å². The summed E-state index contributed by atoms with van der Waals surface area (Å²) in [5.41, 5.74) is 6.45. The van der Waals surface area contributed by atoms with Crippen LogP contribution in [0.3, 0.4) is 0 Å². The number of rotatable bonds is 4. The molecule has 0 amide bonds. The van der Waals surface area contributed by atoms with Gasteiger partial charge in [-0.15, -0.1) is 0 Å². The maximum atomic E-state index is 13.5. The summed E-state index contributed by atoms with van der Waals surface area (Å²) < 4.78 is 19.0. The number of halogens is 2. The molecule has 2 N–H and O–H groups in total. The van der Waals surface area contributed by atoms with Gasteiger partial charge in [-0.1, -0.05) is 6.92 Å². The first-order valence-corrected chi connectivity index (χ1v) is 5.59. The molecule has 1 aromatic carbocycles. The molecule has 0 saturated carbocycles. The fourth-order valence-electron chi connectivity index (χ4n) is 1.41. The highest BCUT2D eigenvalue weighted by Gasteiger charge is 2.10. The fourth-order valence-corrected chi connectivity index (χ4v) is 2.06. The van der Waals surface area contributed by atoms with Crippen LogP contribution < -0.4 is 10.5 Å². The van der Waals surface area contributed by atoms with E-state index in [1.54, 1.807) is 0 Å². The third-order valence-corrected chi connectivity index (χ3v) is 2.84. The normalized spacial score (nSPS) is 12.6. The number of ether oxygens (including phenoxy) is 1. The molecular formula is C11H15BrFNO. The van der Waals surface area contributed by atoms with Gasteiger partial charge in [-0.25, -0.2) is 4.39 Å². The van der Waals surface area contributed by atoms with Crippen molar-refractivity contribution in [3.63, 3.8) is 0 Å². The van der Waals surface area contributed by atoms with Gasteiger partial charge in [-0.2, -0.15) is 0 Å². The second-order valence-corrected chi connectivity index (χ2v) is 4.49. The fraction of sp³-hybridized carbons (Fsp3) is 0.455. The minimum Gasteiger partial charge on any atom is -0.492 e. The number of benzene rings is 1. The Morgan fingerprint density at radius 3 is 2.67 bits per heavy atom. The van der Waals surface area contributed by atoms with Crippen molar-refractivity contribution in [1.82, 2.24) is 0 Å². The van der Waals surface area contributed by atoms with Gasteiger partial charge in [0.15, 0.2) is 11.6 Å². The molecule has 0 fully saturated rings. The predicted octanol–water partition coefficient (Wildman–Crippen LogP) is 2.73. The summed E-state index contributed by atoms with van der Waals surface area (Å²) in [5, 5.41) is 0. The van der Waals surface area contributed by atoms with E-state index in [1.165, 1.54) is 13.2 Å². The van der Waals surface area contributed by atoms with Gasteiger partial charge >= 0.3 is 0 Å². The second kappa shape index (κ2) is 5.47. The van der Waals surface area contributed by atoms with E-state index in [-0.39, 0.29) is 11.6 Å². The minimum absolute atomic E-state index is 0.249. The van der Waals surface area contributed by atoms with Crippen molar-refractivity contribution in [3.8, 4) is 5.75 Å². The minimum atomic E-state index is -0.342. The Morgan fingerprint density at radius 2 is 2.20 bits per heavy atom. The molecule has 0 radical (unpaired) electrons. The van der Waals surface area contributed by atoms with Crippen molar-refractivity contribution >= 4 is 15.9 Å². The number of hydrogen-bond acceptors (Lipinski definition) is 2. The van der Waals surface area contributed by atoms with Crippen LogP contribution in [0.1, 0.15) is 12.5 Å². The number of methoxy groups -OCH3 is 1. The average molecular weight is 276 g/mol. The molecule has 1 aromatic rings. The standard InChI is InChI=1S/C11H15BrFNO/c1-7(6-14)3-8-4-9(12)11(15-2)10(13)5-8/h4-5,7H,3,6,14H2,1-2H3. The van der Waals surface area contributed by atoms with Crippen molar-refractivity contribution in [1.29, 1.82) is 0 Å². The smallest absolute Gasteiger partial charge is 0.168 e. The highest BCUT2D eigenvalue weighted by molar-refractivity contribution is 9.10. The highest BCUT2D eigenvalue weighted by atomic mass is 79.9. The van der Waals surface area contributed by atoms with E-state index in [1.807, 2.05) is 13.0 Å². The summed E-state index contributed by atoms with van der Waals surface area (Å²) in [4.78, 5) is 0. The summed E-state index contributed by atoms with van der Waals surface area (Å²) in [6, 6.07) is 3.36. The lowest BCUT2D eigenvalue weighted by Gasteiger charge is -2.11. The number of hydrogen-bond donors (Lipinski definition) is 1. The van der Waals surface area contributed by atoms with Gasteiger partial charge in [-0.3, -0.25) is 0 Å². The van der Waals surface area contributed by atoms with Crippen LogP contribution in [0.25, 0.3) is 0 Å². The lowest BCUT2D eigenvalue weighted by Crippen LogP contribution is -2.13. The first kappa shape index (κ1) is 12.5. The molecule has 0 aliphatic rings. The molecule has 4 heteroatoms. The Hall–Kier alpha value is -0.610. The largest absolute Gasteiger partial charge is 0.492 e. The van der Waals surface area contributed by atoms with Gasteiger partial charge < -0.3 is 10.5 Å². The van der Waals surface area contributed by atoms with Crippen LogP contribution in [-0.2, 0) is 6.42 Å². The SMILES string of the molecule is COc1c(F)cc(CC(C)CN)cc1Br. The van der Waals surface area contributed by atoms with Crippen molar-refractivity contribution in [2.45, 2.75) is 13.3 Å². The Kier molecular flexibility index (Phi) is 4.54. The summed E-state index contributed by atoms with van der Waals surface area (Å²) in [6.07, 6.45) is 0.774. The van der Waals surface area contributed by atoms with Gasteiger partial charge in [0.25, 0.3) is 0 Å². The first-order chi connectivity index (χ1) is 7.08.